The summed E-state index contributed by atoms with van der Waals surface area (Å²) in [5, 5.41) is 5.16. The summed E-state index contributed by atoms with van der Waals surface area (Å²) in [5.41, 5.74) is 0.474. The minimum absolute atomic E-state index is 0.0755. The van der Waals surface area contributed by atoms with Crippen LogP contribution in [0.2, 0.25) is 0 Å². The van der Waals surface area contributed by atoms with Crippen LogP contribution >= 0.6 is 0 Å². The van der Waals surface area contributed by atoms with E-state index >= 15 is 0 Å². The van der Waals surface area contributed by atoms with Crippen molar-refractivity contribution in [3.8, 4) is 5.75 Å². The fourth-order valence-corrected chi connectivity index (χ4v) is 3.74. The van der Waals surface area contributed by atoms with Gasteiger partial charge in [0, 0.05) is 24.2 Å². The van der Waals surface area contributed by atoms with Crippen molar-refractivity contribution in [2.24, 2.45) is 5.92 Å². The molecule has 0 saturated carbocycles. The first-order valence-electron chi connectivity index (χ1n) is 8.20. The average molecular weight is 311 g/mol. The van der Waals surface area contributed by atoms with Crippen LogP contribution in [0.25, 0.3) is 10.8 Å². The predicted octanol–water partition coefficient (Wildman–Crippen LogP) is 2.07. The fourth-order valence-electron chi connectivity index (χ4n) is 3.74. The van der Waals surface area contributed by atoms with Gasteiger partial charge in [-0.1, -0.05) is 0 Å². The molecule has 2 bridgehead atoms. The first-order valence-corrected chi connectivity index (χ1v) is 8.20. The Hall–Kier alpha value is -2.14. The van der Waals surface area contributed by atoms with Gasteiger partial charge in [-0.05, 0) is 61.5 Å². The summed E-state index contributed by atoms with van der Waals surface area (Å²) in [6, 6.07) is 7.89. The molecule has 23 heavy (non-hydrogen) atoms. The fraction of sp³-hybridized carbons (Fsp3) is 0.444. The number of nitrogens with zero attached hydrogens (tertiary/aromatic N) is 2. The number of pyridine rings is 1. The van der Waals surface area contributed by atoms with E-state index in [1.54, 1.807) is 13.3 Å². The molecule has 3 aliphatic heterocycles. The largest absolute Gasteiger partial charge is 0.497 e. The average Bonchev–Trinajstić information content (AvgIpc) is 2.61. The summed E-state index contributed by atoms with van der Waals surface area (Å²) < 4.78 is 5.25. The van der Waals surface area contributed by atoms with Crippen LogP contribution in [0.3, 0.4) is 0 Å². The Kier molecular flexibility index (Phi) is 3.65. The summed E-state index contributed by atoms with van der Waals surface area (Å²) in [6.45, 7) is 3.31. The molecule has 5 heteroatoms. The van der Waals surface area contributed by atoms with Gasteiger partial charge in [0.25, 0.3) is 5.91 Å². The van der Waals surface area contributed by atoms with Crippen molar-refractivity contribution >= 4 is 16.7 Å². The monoisotopic (exact) mass is 311 g/mol. The van der Waals surface area contributed by atoms with Gasteiger partial charge in [0.1, 0.15) is 11.4 Å². The van der Waals surface area contributed by atoms with Crippen molar-refractivity contribution in [2.75, 3.05) is 26.7 Å². The maximum Gasteiger partial charge on any atom is 0.270 e. The van der Waals surface area contributed by atoms with Crippen LogP contribution in [-0.4, -0.2) is 48.6 Å². The number of methoxy groups -OCH3 is 1. The molecule has 1 N–H and O–H groups in total. The Morgan fingerprint density at radius 3 is 2.78 bits per heavy atom. The summed E-state index contributed by atoms with van der Waals surface area (Å²) >= 11 is 0. The minimum Gasteiger partial charge on any atom is -0.497 e. The van der Waals surface area contributed by atoms with E-state index in [1.165, 1.54) is 25.9 Å². The molecule has 0 aliphatic carbocycles. The van der Waals surface area contributed by atoms with Crippen LogP contribution in [0.4, 0.5) is 0 Å². The lowest BCUT2D eigenvalue weighted by molar-refractivity contribution is 0.0618. The van der Waals surface area contributed by atoms with E-state index in [9.17, 15) is 4.79 Å². The number of hydrogen-bond donors (Lipinski definition) is 1. The summed E-state index contributed by atoms with van der Waals surface area (Å²) in [7, 11) is 1.64. The SMILES string of the molecule is COc1ccc2cnc(C(=O)NC3CN4CCC3CC4)cc2c1. The van der Waals surface area contributed by atoms with Crippen molar-refractivity contribution in [1.82, 2.24) is 15.2 Å². The number of hydrogen-bond acceptors (Lipinski definition) is 4. The van der Waals surface area contributed by atoms with E-state index < -0.39 is 0 Å². The Bertz CT molecular complexity index is 738. The Morgan fingerprint density at radius 2 is 2.09 bits per heavy atom. The van der Waals surface area contributed by atoms with Crippen LogP contribution in [0, 0.1) is 5.92 Å². The minimum atomic E-state index is -0.0755. The molecule has 3 fully saturated rings. The Labute approximate surface area is 135 Å². The molecular formula is C18H21N3O2. The molecule has 1 amide bonds. The van der Waals surface area contributed by atoms with Gasteiger partial charge in [0.2, 0.25) is 0 Å². The third kappa shape index (κ3) is 2.77. The van der Waals surface area contributed by atoms with Gasteiger partial charge >= 0.3 is 0 Å². The van der Waals surface area contributed by atoms with Crippen molar-refractivity contribution in [2.45, 2.75) is 18.9 Å². The number of rotatable bonds is 3. The van der Waals surface area contributed by atoms with E-state index in [-0.39, 0.29) is 11.9 Å². The molecule has 120 valence electrons. The van der Waals surface area contributed by atoms with Gasteiger partial charge in [0.05, 0.1) is 7.11 Å². The second-order valence-corrected chi connectivity index (χ2v) is 6.50. The van der Waals surface area contributed by atoms with Gasteiger partial charge < -0.3 is 15.0 Å². The van der Waals surface area contributed by atoms with Crippen molar-refractivity contribution in [1.29, 1.82) is 0 Å². The smallest absolute Gasteiger partial charge is 0.270 e. The second-order valence-electron chi connectivity index (χ2n) is 6.50. The second kappa shape index (κ2) is 5.81. The lowest BCUT2D eigenvalue weighted by Crippen LogP contribution is -2.57. The highest BCUT2D eigenvalue weighted by atomic mass is 16.5. The first kappa shape index (κ1) is 14.5. The molecule has 2 aromatic rings. The number of benzene rings is 1. The number of nitrogens with one attached hydrogen (secondary N) is 1. The van der Waals surface area contributed by atoms with Crippen LogP contribution in [0.15, 0.2) is 30.5 Å². The molecule has 5 rings (SSSR count). The number of carbonyl (C=O) groups is 1. The normalized spacial score (nSPS) is 26.2. The molecule has 1 aromatic heterocycles. The maximum atomic E-state index is 12.6. The Balaban J connectivity index is 1.54. The van der Waals surface area contributed by atoms with Gasteiger partial charge in [-0.15, -0.1) is 0 Å². The molecule has 1 atom stereocenters. The first-order chi connectivity index (χ1) is 11.2. The van der Waals surface area contributed by atoms with E-state index in [1.807, 2.05) is 24.3 Å². The zero-order chi connectivity index (χ0) is 15.8. The van der Waals surface area contributed by atoms with Crippen LogP contribution < -0.4 is 10.1 Å². The summed E-state index contributed by atoms with van der Waals surface area (Å²) in [5.74, 6) is 1.32. The van der Waals surface area contributed by atoms with E-state index in [0.29, 0.717) is 11.6 Å². The molecule has 0 radical (unpaired) electrons. The van der Waals surface area contributed by atoms with Crippen LogP contribution in [0.1, 0.15) is 23.3 Å². The number of amides is 1. The van der Waals surface area contributed by atoms with Crippen LogP contribution in [0.5, 0.6) is 5.75 Å². The molecular weight excluding hydrogens is 290 g/mol. The molecule has 3 saturated heterocycles. The maximum absolute atomic E-state index is 12.6. The zero-order valence-corrected chi connectivity index (χ0v) is 13.3. The van der Waals surface area contributed by atoms with Crippen molar-refractivity contribution in [3.05, 3.63) is 36.2 Å². The highest BCUT2D eigenvalue weighted by molar-refractivity contribution is 5.96. The van der Waals surface area contributed by atoms with Crippen molar-refractivity contribution < 1.29 is 9.53 Å². The van der Waals surface area contributed by atoms with Crippen molar-refractivity contribution in [3.63, 3.8) is 0 Å². The zero-order valence-electron chi connectivity index (χ0n) is 13.3. The van der Waals surface area contributed by atoms with E-state index in [2.05, 4.69) is 15.2 Å². The molecule has 4 heterocycles. The third-order valence-corrected chi connectivity index (χ3v) is 5.13. The lowest BCUT2D eigenvalue weighted by atomic mass is 9.84. The quantitative estimate of drug-likeness (QED) is 0.943. The number of piperidine rings is 3. The number of carbonyl (C=O) groups excluding carboxylic acids is 1. The van der Waals surface area contributed by atoms with Gasteiger partial charge in [-0.2, -0.15) is 0 Å². The third-order valence-electron chi connectivity index (χ3n) is 5.13. The summed E-state index contributed by atoms with van der Waals surface area (Å²) in [4.78, 5) is 19.3. The topological polar surface area (TPSA) is 54.5 Å². The van der Waals surface area contributed by atoms with Gasteiger partial charge in [0.15, 0.2) is 0 Å². The van der Waals surface area contributed by atoms with Gasteiger partial charge in [-0.25, -0.2) is 0 Å². The van der Waals surface area contributed by atoms with E-state index in [4.69, 9.17) is 4.74 Å². The lowest BCUT2D eigenvalue weighted by Gasteiger charge is -2.44. The van der Waals surface area contributed by atoms with Gasteiger partial charge in [-0.3, -0.25) is 9.78 Å². The molecule has 3 aliphatic rings. The van der Waals surface area contributed by atoms with E-state index in [0.717, 1.165) is 23.1 Å². The summed E-state index contributed by atoms with van der Waals surface area (Å²) in [6.07, 6.45) is 4.13. The molecule has 5 nitrogen and oxygen atoms in total. The Morgan fingerprint density at radius 1 is 1.26 bits per heavy atom. The predicted molar refractivity (Wildman–Crippen MR) is 88.7 cm³/mol. The molecule has 1 unspecified atom stereocenters. The highest BCUT2D eigenvalue weighted by Crippen LogP contribution is 2.27. The van der Waals surface area contributed by atoms with Crippen LogP contribution in [-0.2, 0) is 0 Å². The highest BCUT2D eigenvalue weighted by Gasteiger charge is 2.35. The number of aromatic nitrogens is 1. The number of fused-ring (bicyclic) bond motifs is 4. The molecule has 1 aromatic carbocycles. The standard InChI is InChI=1S/C18H21N3O2/c1-23-15-3-2-13-10-19-16(9-14(13)8-15)18(22)20-17-11-21-6-4-12(17)5-7-21/h2-3,8-10,12,17H,4-7,11H2,1H3,(H,20,22). The molecule has 0 spiro atoms. The number of ether oxygens (including phenoxy) is 1.